The van der Waals surface area contributed by atoms with E-state index >= 15 is 0 Å². The molecule has 3 heterocycles. The second-order valence-electron chi connectivity index (χ2n) is 7.55. The minimum absolute atomic E-state index is 0.0496. The van der Waals surface area contributed by atoms with Crippen LogP contribution in [0.1, 0.15) is 52.9 Å². The summed E-state index contributed by atoms with van der Waals surface area (Å²) in [6.45, 7) is 8.14. The van der Waals surface area contributed by atoms with Crippen molar-refractivity contribution in [3.8, 4) is 0 Å². The molecule has 0 aromatic rings. The zero-order valence-electron chi connectivity index (χ0n) is 13.9. The quantitative estimate of drug-likeness (QED) is 0.782. The number of hydrogen-bond acceptors (Lipinski definition) is 4. The lowest BCUT2D eigenvalue weighted by molar-refractivity contribution is -0.130. The van der Waals surface area contributed by atoms with E-state index in [0.717, 1.165) is 25.7 Å². The highest BCUT2D eigenvalue weighted by molar-refractivity contribution is 5.10. The van der Waals surface area contributed by atoms with Gasteiger partial charge in [-0.15, -0.1) is 0 Å². The molecule has 3 fully saturated rings. The number of hydrogen-bond donors (Lipinski definition) is 0. The minimum Gasteiger partial charge on any atom is -0.379 e. The summed E-state index contributed by atoms with van der Waals surface area (Å²) >= 11 is 0. The topological polar surface area (TPSA) is 36.9 Å². The number of ether oxygens (including phenoxy) is 4. The van der Waals surface area contributed by atoms with Crippen molar-refractivity contribution in [3.63, 3.8) is 0 Å². The van der Waals surface area contributed by atoms with E-state index in [-0.39, 0.29) is 29.5 Å². The van der Waals surface area contributed by atoms with Crippen LogP contribution in [0.3, 0.4) is 0 Å². The van der Waals surface area contributed by atoms with Gasteiger partial charge in [0.2, 0.25) is 0 Å². The predicted molar refractivity (Wildman–Crippen MR) is 80.4 cm³/mol. The van der Waals surface area contributed by atoms with Gasteiger partial charge >= 0.3 is 0 Å². The Balaban J connectivity index is 1.51. The first-order valence-electron chi connectivity index (χ1n) is 8.43. The Morgan fingerprint density at radius 1 is 1.24 bits per heavy atom. The molecule has 0 amide bonds. The molecule has 122 valence electrons. The smallest absolute Gasteiger partial charge is 0.0924 e. The summed E-state index contributed by atoms with van der Waals surface area (Å²) < 4.78 is 23.8. The lowest BCUT2D eigenvalue weighted by Gasteiger charge is -2.33. The molecule has 3 aliphatic heterocycles. The van der Waals surface area contributed by atoms with Gasteiger partial charge in [-0.05, 0) is 38.5 Å². The molecule has 5 unspecified atom stereocenters. The molecule has 0 N–H and O–H groups in total. The normalized spacial score (nSPS) is 46.4. The van der Waals surface area contributed by atoms with Crippen molar-refractivity contribution in [2.24, 2.45) is 5.92 Å². The first-order chi connectivity index (χ1) is 9.97. The lowest BCUT2D eigenvalue weighted by atomic mass is 9.75. The maximum atomic E-state index is 6.41. The van der Waals surface area contributed by atoms with E-state index in [4.69, 9.17) is 18.9 Å². The Hall–Kier alpha value is -0.160. The molecule has 5 atom stereocenters. The van der Waals surface area contributed by atoms with Gasteiger partial charge in [-0.2, -0.15) is 0 Å². The molecule has 2 bridgehead atoms. The van der Waals surface area contributed by atoms with Gasteiger partial charge in [0.25, 0.3) is 0 Å². The number of rotatable bonds is 5. The number of methoxy groups -OCH3 is 1. The van der Waals surface area contributed by atoms with Crippen LogP contribution in [-0.4, -0.2) is 49.8 Å². The molecule has 0 aromatic heterocycles. The summed E-state index contributed by atoms with van der Waals surface area (Å²) in [7, 11) is 1.75. The zero-order valence-corrected chi connectivity index (χ0v) is 13.9. The standard InChI is InChI=1S/C17H30O4/c1-12(2)17-8-7-16(3,21-17)15(9-17)20-11-14-6-5-13(18-4)10-19-14/h12-15H,5-11H2,1-4H3. The van der Waals surface area contributed by atoms with Crippen molar-refractivity contribution >= 4 is 0 Å². The van der Waals surface area contributed by atoms with Gasteiger partial charge in [0.05, 0.1) is 42.7 Å². The van der Waals surface area contributed by atoms with Crippen molar-refractivity contribution in [2.45, 2.75) is 82.4 Å². The Morgan fingerprint density at radius 2 is 2.05 bits per heavy atom. The molecule has 3 rings (SSSR count). The van der Waals surface area contributed by atoms with Crippen molar-refractivity contribution in [1.29, 1.82) is 0 Å². The third-order valence-corrected chi connectivity index (χ3v) is 5.89. The van der Waals surface area contributed by atoms with Gasteiger partial charge in [0, 0.05) is 13.5 Å². The van der Waals surface area contributed by atoms with Crippen LogP contribution in [0.15, 0.2) is 0 Å². The lowest BCUT2D eigenvalue weighted by Crippen LogP contribution is -2.41. The molecule has 3 saturated heterocycles. The SMILES string of the molecule is COC1CCC(COC2CC3(C(C)C)CCC2(C)O3)OC1. The van der Waals surface area contributed by atoms with Crippen LogP contribution >= 0.6 is 0 Å². The Morgan fingerprint density at radius 3 is 2.62 bits per heavy atom. The third kappa shape index (κ3) is 2.88. The van der Waals surface area contributed by atoms with Gasteiger partial charge in [-0.1, -0.05) is 13.8 Å². The van der Waals surface area contributed by atoms with Gasteiger partial charge < -0.3 is 18.9 Å². The average molecular weight is 298 g/mol. The van der Waals surface area contributed by atoms with Crippen LogP contribution in [0.2, 0.25) is 0 Å². The molecular formula is C17H30O4. The molecule has 4 nitrogen and oxygen atoms in total. The highest BCUT2D eigenvalue weighted by Crippen LogP contribution is 2.55. The molecule has 0 aromatic carbocycles. The second kappa shape index (κ2) is 5.80. The predicted octanol–water partition coefficient (Wildman–Crippen LogP) is 2.93. The summed E-state index contributed by atoms with van der Waals surface area (Å²) in [4.78, 5) is 0. The molecule has 0 radical (unpaired) electrons. The molecule has 0 spiro atoms. The van der Waals surface area contributed by atoms with Crippen LogP contribution in [-0.2, 0) is 18.9 Å². The van der Waals surface area contributed by atoms with Gasteiger partial charge in [-0.25, -0.2) is 0 Å². The summed E-state index contributed by atoms with van der Waals surface area (Å²) in [5, 5.41) is 0. The van der Waals surface area contributed by atoms with Crippen molar-refractivity contribution in [1.82, 2.24) is 0 Å². The van der Waals surface area contributed by atoms with E-state index in [9.17, 15) is 0 Å². The monoisotopic (exact) mass is 298 g/mol. The van der Waals surface area contributed by atoms with Crippen LogP contribution in [0.4, 0.5) is 0 Å². The first kappa shape index (κ1) is 15.7. The summed E-state index contributed by atoms with van der Waals surface area (Å²) in [6, 6.07) is 0. The van der Waals surface area contributed by atoms with Crippen LogP contribution in [0.5, 0.6) is 0 Å². The van der Waals surface area contributed by atoms with Crippen molar-refractivity contribution in [2.75, 3.05) is 20.3 Å². The fourth-order valence-electron chi connectivity index (χ4n) is 4.13. The van der Waals surface area contributed by atoms with Gasteiger partial charge in [0.15, 0.2) is 0 Å². The Labute approximate surface area is 128 Å². The minimum atomic E-state index is -0.0893. The van der Waals surface area contributed by atoms with E-state index in [1.54, 1.807) is 7.11 Å². The molecule has 4 heteroatoms. The molecule has 0 saturated carbocycles. The molecule has 21 heavy (non-hydrogen) atoms. The zero-order chi connectivity index (χ0) is 15.1. The van der Waals surface area contributed by atoms with E-state index in [2.05, 4.69) is 20.8 Å². The average Bonchev–Trinajstić information content (AvgIpc) is 2.98. The number of fused-ring (bicyclic) bond motifs is 2. The fraction of sp³-hybridized carbons (Fsp3) is 1.00. The largest absolute Gasteiger partial charge is 0.379 e. The van der Waals surface area contributed by atoms with Gasteiger partial charge in [0.1, 0.15) is 0 Å². The summed E-state index contributed by atoms with van der Waals surface area (Å²) in [6.07, 6.45) is 6.12. The van der Waals surface area contributed by atoms with Gasteiger partial charge in [-0.3, -0.25) is 0 Å². The second-order valence-corrected chi connectivity index (χ2v) is 7.55. The van der Waals surface area contributed by atoms with E-state index in [1.165, 1.54) is 6.42 Å². The fourth-order valence-corrected chi connectivity index (χ4v) is 4.13. The van der Waals surface area contributed by atoms with Crippen LogP contribution < -0.4 is 0 Å². The first-order valence-corrected chi connectivity index (χ1v) is 8.43. The van der Waals surface area contributed by atoms with Crippen molar-refractivity contribution < 1.29 is 18.9 Å². The van der Waals surface area contributed by atoms with E-state index in [0.29, 0.717) is 19.1 Å². The highest BCUT2D eigenvalue weighted by Gasteiger charge is 2.60. The molecular weight excluding hydrogens is 268 g/mol. The summed E-state index contributed by atoms with van der Waals surface area (Å²) in [5.74, 6) is 0.557. The Bertz CT molecular complexity index is 364. The highest BCUT2D eigenvalue weighted by atomic mass is 16.6. The maximum absolute atomic E-state index is 6.41. The van der Waals surface area contributed by atoms with E-state index < -0.39 is 0 Å². The van der Waals surface area contributed by atoms with Crippen LogP contribution in [0, 0.1) is 5.92 Å². The summed E-state index contributed by atoms with van der Waals surface area (Å²) in [5.41, 5.74) is -0.0397. The maximum Gasteiger partial charge on any atom is 0.0924 e. The van der Waals surface area contributed by atoms with E-state index in [1.807, 2.05) is 0 Å². The molecule has 3 aliphatic rings. The Kier molecular flexibility index (Phi) is 4.34. The third-order valence-electron chi connectivity index (χ3n) is 5.89. The van der Waals surface area contributed by atoms with Crippen LogP contribution in [0.25, 0.3) is 0 Å². The molecule has 0 aliphatic carbocycles. The van der Waals surface area contributed by atoms with Crippen molar-refractivity contribution in [3.05, 3.63) is 0 Å².